The van der Waals surface area contributed by atoms with Crippen molar-refractivity contribution >= 4 is 5.91 Å². The number of rotatable bonds is 7. The zero-order valence-electron chi connectivity index (χ0n) is 11.9. The number of piperidine rings is 1. The molecule has 21 heavy (non-hydrogen) atoms. The molecular formula is C14H21F2N3O2. The van der Waals surface area contributed by atoms with Crippen LogP contribution in [-0.4, -0.2) is 49.2 Å². The highest BCUT2D eigenvalue weighted by Gasteiger charge is 2.15. The molecule has 2 N–H and O–H groups in total. The van der Waals surface area contributed by atoms with Crippen molar-refractivity contribution in [1.82, 2.24) is 15.2 Å². The van der Waals surface area contributed by atoms with Crippen LogP contribution in [0.5, 0.6) is 0 Å². The summed E-state index contributed by atoms with van der Waals surface area (Å²) in [7, 11) is 0. The fourth-order valence-corrected chi connectivity index (χ4v) is 2.37. The second kappa shape index (κ2) is 8.09. The van der Waals surface area contributed by atoms with Gasteiger partial charge in [0, 0.05) is 12.7 Å². The lowest BCUT2D eigenvalue weighted by molar-refractivity contribution is 0.0342. The van der Waals surface area contributed by atoms with E-state index in [1.165, 1.54) is 16.8 Å². The highest BCUT2D eigenvalue weighted by molar-refractivity contribution is 5.92. The van der Waals surface area contributed by atoms with E-state index in [0.717, 1.165) is 25.9 Å². The molecule has 1 fully saturated rings. The molecule has 7 heteroatoms. The summed E-state index contributed by atoms with van der Waals surface area (Å²) < 4.78 is 31.7. The maximum Gasteiger partial charge on any atom is 0.267 e. The minimum Gasteiger partial charge on any atom is -0.376 e. The molecule has 0 unspecified atom stereocenters. The number of amides is 1. The van der Waals surface area contributed by atoms with Crippen LogP contribution in [0.1, 0.15) is 23.3 Å². The monoisotopic (exact) mass is 301 g/mol. The molecule has 0 aliphatic carbocycles. The summed E-state index contributed by atoms with van der Waals surface area (Å²) >= 11 is 0. The van der Waals surface area contributed by atoms with E-state index < -0.39 is 13.0 Å². The van der Waals surface area contributed by atoms with Gasteiger partial charge in [-0.1, -0.05) is 0 Å². The van der Waals surface area contributed by atoms with Crippen LogP contribution in [0, 0.1) is 0 Å². The van der Waals surface area contributed by atoms with E-state index in [1.54, 1.807) is 6.07 Å². The van der Waals surface area contributed by atoms with Crippen molar-refractivity contribution in [2.45, 2.75) is 31.9 Å². The summed E-state index contributed by atoms with van der Waals surface area (Å²) in [6, 6.07) is 3.12. The number of carbonyl (C=O) groups is 1. The molecule has 0 atom stereocenters. The lowest BCUT2D eigenvalue weighted by Crippen LogP contribution is -2.35. The Morgan fingerprint density at radius 3 is 2.95 bits per heavy atom. The van der Waals surface area contributed by atoms with Gasteiger partial charge in [0.2, 0.25) is 0 Å². The van der Waals surface area contributed by atoms with Gasteiger partial charge in [-0.2, -0.15) is 0 Å². The predicted molar refractivity (Wildman–Crippen MR) is 74.6 cm³/mol. The third-order valence-corrected chi connectivity index (χ3v) is 3.42. The van der Waals surface area contributed by atoms with Gasteiger partial charge >= 0.3 is 0 Å². The van der Waals surface area contributed by atoms with Crippen molar-refractivity contribution in [2.24, 2.45) is 0 Å². The molecule has 0 bridgehead atoms. The number of nitrogens with zero attached hydrogens (tertiary/aromatic N) is 1. The molecule has 0 saturated carbocycles. The first kappa shape index (κ1) is 15.9. The van der Waals surface area contributed by atoms with Crippen LogP contribution in [0.2, 0.25) is 0 Å². The Hall–Kier alpha value is -1.47. The maximum absolute atomic E-state index is 12.4. The zero-order chi connectivity index (χ0) is 15.1. The summed E-state index contributed by atoms with van der Waals surface area (Å²) in [6.45, 7) is 2.26. The first-order valence-electron chi connectivity index (χ1n) is 7.20. The predicted octanol–water partition coefficient (Wildman–Crippen LogP) is 1.25. The van der Waals surface area contributed by atoms with Crippen molar-refractivity contribution in [3.8, 4) is 0 Å². The highest BCUT2D eigenvalue weighted by atomic mass is 19.3. The molecule has 1 aromatic heterocycles. The number of halogens is 2. The Balaban J connectivity index is 1.70. The molecule has 1 aliphatic heterocycles. The van der Waals surface area contributed by atoms with Gasteiger partial charge in [0.15, 0.2) is 0 Å². The number of carbonyl (C=O) groups excluding carboxylic acids is 1. The van der Waals surface area contributed by atoms with Crippen molar-refractivity contribution in [2.75, 3.05) is 26.2 Å². The molecule has 2 heterocycles. The summed E-state index contributed by atoms with van der Waals surface area (Å²) in [6.07, 6.45) is 1.20. The van der Waals surface area contributed by atoms with Gasteiger partial charge in [0.05, 0.1) is 19.3 Å². The second-order valence-corrected chi connectivity index (χ2v) is 5.01. The van der Waals surface area contributed by atoms with E-state index in [0.29, 0.717) is 13.2 Å². The van der Waals surface area contributed by atoms with Crippen LogP contribution in [0.4, 0.5) is 8.78 Å². The zero-order valence-corrected chi connectivity index (χ0v) is 11.9. The van der Waals surface area contributed by atoms with E-state index in [-0.39, 0.29) is 17.7 Å². The number of nitrogens with one attached hydrogen (secondary N) is 2. The number of hydrogen-bond donors (Lipinski definition) is 2. The minimum atomic E-state index is -2.48. The Labute approximate surface area is 122 Å². The Bertz CT molecular complexity index is 445. The Kier molecular flexibility index (Phi) is 6.13. The molecule has 2 rings (SSSR count). The van der Waals surface area contributed by atoms with Crippen LogP contribution >= 0.6 is 0 Å². The van der Waals surface area contributed by atoms with Crippen molar-refractivity contribution < 1.29 is 18.3 Å². The molecule has 1 saturated heterocycles. The SMILES string of the molecule is O=C(NCCOC1CCNCC1)c1cccn1CC(F)F. The third kappa shape index (κ3) is 5.09. The van der Waals surface area contributed by atoms with Crippen LogP contribution in [0.25, 0.3) is 0 Å². The molecule has 5 nitrogen and oxygen atoms in total. The largest absolute Gasteiger partial charge is 0.376 e. The maximum atomic E-state index is 12.4. The Morgan fingerprint density at radius 1 is 1.48 bits per heavy atom. The third-order valence-electron chi connectivity index (χ3n) is 3.42. The fourth-order valence-electron chi connectivity index (χ4n) is 2.37. The van der Waals surface area contributed by atoms with Gasteiger partial charge in [-0.15, -0.1) is 0 Å². The van der Waals surface area contributed by atoms with Crippen molar-refractivity contribution in [1.29, 1.82) is 0 Å². The average Bonchev–Trinajstić information content (AvgIpc) is 2.92. The molecule has 118 valence electrons. The summed E-state index contributed by atoms with van der Waals surface area (Å²) in [5, 5.41) is 5.94. The normalized spacial score (nSPS) is 16.3. The van der Waals surface area contributed by atoms with E-state index >= 15 is 0 Å². The first-order chi connectivity index (χ1) is 10.2. The fraction of sp³-hybridized carbons (Fsp3) is 0.643. The van der Waals surface area contributed by atoms with Gasteiger partial charge < -0.3 is 19.9 Å². The number of alkyl halides is 2. The number of hydrogen-bond acceptors (Lipinski definition) is 3. The van der Waals surface area contributed by atoms with E-state index in [4.69, 9.17) is 4.74 Å². The molecule has 0 radical (unpaired) electrons. The smallest absolute Gasteiger partial charge is 0.267 e. The van der Waals surface area contributed by atoms with Gasteiger partial charge in [0.1, 0.15) is 5.69 Å². The molecule has 0 aromatic carbocycles. The highest BCUT2D eigenvalue weighted by Crippen LogP contribution is 2.07. The topological polar surface area (TPSA) is 55.3 Å². The summed E-state index contributed by atoms with van der Waals surface area (Å²) in [5.74, 6) is -0.352. The van der Waals surface area contributed by atoms with Crippen molar-refractivity contribution in [3.05, 3.63) is 24.0 Å². The van der Waals surface area contributed by atoms with Crippen LogP contribution < -0.4 is 10.6 Å². The summed E-state index contributed by atoms with van der Waals surface area (Å²) in [4.78, 5) is 11.9. The quantitative estimate of drug-likeness (QED) is 0.745. The Morgan fingerprint density at radius 2 is 2.24 bits per heavy atom. The molecular weight excluding hydrogens is 280 g/mol. The molecule has 0 spiro atoms. The van der Waals surface area contributed by atoms with Crippen LogP contribution in [0.15, 0.2) is 18.3 Å². The van der Waals surface area contributed by atoms with Gasteiger partial charge in [-0.25, -0.2) is 8.78 Å². The van der Waals surface area contributed by atoms with Crippen LogP contribution in [0.3, 0.4) is 0 Å². The number of ether oxygens (including phenoxy) is 1. The lowest BCUT2D eigenvalue weighted by atomic mass is 10.1. The molecule has 1 aromatic rings. The van der Waals surface area contributed by atoms with Gasteiger partial charge in [-0.05, 0) is 38.1 Å². The molecule has 1 amide bonds. The lowest BCUT2D eigenvalue weighted by Gasteiger charge is -2.22. The van der Waals surface area contributed by atoms with E-state index in [9.17, 15) is 13.6 Å². The average molecular weight is 301 g/mol. The van der Waals surface area contributed by atoms with Crippen molar-refractivity contribution in [3.63, 3.8) is 0 Å². The van der Waals surface area contributed by atoms with Crippen LogP contribution in [-0.2, 0) is 11.3 Å². The second-order valence-electron chi connectivity index (χ2n) is 5.01. The first-order valence-corrected chi connectivity index (χ1v) is 7.20. The molecule has 1 aliphatic rings. The number of aromatic nitrogens is 1. The summed E-state index contributed by atoms with van der Waals surface area (Å²) in [5.41, 5.74) is 0.247. The minimum absolute atomic E-state index is 0.242. The van der Waals surface area contributed by atoms with Gasteiger partial charge in [0.25, 0.3) is 12.3 Å². The van der Waals surface area contributed by atoms with Gasteiger partial charge in [-0.3, -0.25) is 4.79 Å². The van der Waals surface area contributed by atoms with E-state index in [1.807, 2.05) is 0 Å². The van der Waals surface area contributed by atoms with E-state index in [2.05, 4.69) is 10.6 Å². The standard InChI is InChI=1S/C14H21F2N3O2/c15-13(16)10-19-8-1-2-12(19)14(20)18-7-9-21-11-3-5-17-6-4-11/h1-2,8,11,13,17H,3-7,9-10H2,(H,18,20).